The van der Waals surface area contributed by atoms with Crippen LogP contribution in [-0.4, -0.2) is 30.6 Å². The third-order valence-corrected chi connectivity index (χ3v) is 6.34. The fourth-order valence-electron chi connectivity index (χ4n) is 3.21. The lowest BCUT2D eigenvalue weighted by molar-refractivity contribution is 0.275. The van der Waals surface area contributed by atoms with E-state index in [1.807, 2.05) is 24.3 Å². The summed E-state index contributed by atoms with van der Waals surface area (Å²) in [7, 11) is 1.67. The molecule has 0 aliphatic heterocycles. The van der Waals surface area contributed by atoms with Crippen LogP contribution >= 0.6 is 11.8 Å². The predicted octanol–water partition coefficient (Wildman–Crippen LogP) is 4.04. The lowest BCUT2D eigenvalue weighted by atomic mass is 9.84. The van der Waals surface area contributed by atoms with Gasteiger partial charge < -0.3 is 15.6 Å². The zero-order chi connectivity index (χ0) is 19.1. The molecule has 0 bridgehead atoms. The van der Waals surface area contributed by atoms with Crippen LogP contribution in [0.15, 0.2) is 84.9 Å². The Labute approximate surface area is 165 Å². The van der Waals surface area contributed by atoms with E-state index in [4.69, 9.17) is 10.5 Å². The molecule has 0 saturated carbocycles. The van der Waals surface area contributed by atoms with Crippen molar-refractivity contribution in [2.24, 2.45) is 5.73 Å². The van der Waals surface area contributed by atoms with Crippen molar-refractivity contribution in [2.45, 2.75) is 10.8 Å². The highest BCUT2D eigenvalue weighted by Gasteiger charge is 2.37. The van der Waals surface area contributed by atoms with Crippen LogP contribution in [0.3, 0.4) is 0 Å². The molecule has 140 valence electrons. The minimum Gasteiger partial charge on any atom is -0.497 e. The van der Waals surface area contributed by atoms with E-state index in [-0.39, 0.29) is 12.6 Å². The summed E-state index contributed by atoms with van der Waals surface area (Å²) in [5, 5.41) is 9.46. The number of ether oxygens (including phenoxy) is 1. The average molecular weight is 380 g/mol. The highest BCUT2D eigenvalue weighted by atomic mass is 32.2. The Kier molecular flexibility index (Phi) is 6.56. The second-order valence-corrected chi connectivity index (χ2v) is 7.63. The minimum atomic E-state index is -0.429. The number of aliphatic hydroxyl groups excluding tert-OH is 1. The summed E-state index contributed by atoms with van der Waals surface area (Å²) in [6.07, 6.45) is 0. The van der Waals surface area contributed by atoms with E-state index in [1.54, 1.807) is 18.9 Å². The molecule has 4 heteroatoms. The van der Waals surface area contributed by atoms with Gasteiger partial charge in [-0.2, -0.15) is 0 Å². The molecule has 3 aromatic rings. The van der Waals surface area contributed by atoms with Crippen LogP contribution in [0.1, 0.15) is 16.7 Å². The third kappa shape index (κ3) is 4.19. The van der Waals surface area contributed by atoms with Crippen molar-refractivity contribution in [2.75, 3.05) is 19.5 Å². The molecule has 0 aliphatic carbocycles. The fourth-order valence-corrected chi connectivity index (χ4v) is 4.68. The number of methoxy groups -OCH3 is 1. The summed E-state index contributed by atoms with van der Waals surface area (Å²) in [6.45, 7) is -0.0325. The van der Waals surface area contributed by atoms with Gasteiger partial charge in [0.2, 0.25) is 0 Å². The Morgan fingerprint density at radius 1 is 0.852 bits per heavy atom. The summed E-state index contributed by atoms with van der Waals surface area (Å²) in [6, 6.07) is 28.8. The smallest absolute Gasteiger partial charge is 0.118 e. The van der Waals surface area contributed by atoms with Crippen LogP contribution in [0.25, 0.3) is 0 Å². The zero-order valence-corrected chi connectivity index (χ0v) is 16.2. The van der Waals surface area contributed by atoms with Crippen LogP contribution < -0.4 is 10.5 Å². The van der Waals surface area contributed by atoms with Gasteiger partial charge in [-0.05, 0) is 28.8 Å². The molecule has 0 unspecified atom stereocenters. The first-order valence-electron chi connectivity index (χ1n) is 8.96. The zero-order valence-electron chi connectivity index (χ0n) is 15.4. The Morgan fingerprint density at radius 2 is 1.33 bits per heavy atom. The molecule has 3 rings (SSSR count). The molecule has 3 N–H and O–H groups in total. The van der Waals surface area contributed by atoms with E-state index in [1.165, 1.54) is 11.1 Å². The van der Waals surface area contributed by atoms with Gasteiger partial charge >= 0.3 is 0 Å². The van der Waals surface area contributed by atoms with Crippen molar-refractivity contribution >= 4 is 11.8 Å². The Balaban J connectivity index is 2.20. The first-order valence-corrected chi connectivity index (χ1v) is 9.95. The second-order valence-electron chi connectivity index (χ2n) is 6.40. The van der Waals surface area contributed by atoms with Gasteiger partial charge in [0, 0.05) is 11.8 Å². The molecule has 1 atom stereocenters. The van der Waals surface area contributed by atoms with Crippen LogP contribution in [-0.2, 0) is 4.75 Å². The summed E-state index contributed by atoms with van der Waals surface area (Å²) in [4.78, 5) is 0. The Hall–Kier alpha value is -2.27. The number of aliphatic hydroxyl groups is 1. The van der Waals surface area contributed by atoms with Crippen LogP contribution in [0.4, 0.5) is 0 Å². The van der Waals surface area contributed by atoms with E-state index in [0.29, 0.717) is 5.75 Å². The van der Waals surface area contributed by atoms with Gasteiger partial charge in [0.1, 0.15) is 5.75 Å². The molecule has 0 amide bonds. The second kappa shape index (κ2) is 9.09. The van der Waals surface area contributed by atoms with E-state index >= 15 is 0 Å². The molecule has 27 heavy (non-hydrogen) atoms. The van der Waals surface area contributed by atoms with E-state index < -0.39 is 4.75 Å². The van der Waals surface area contributed by atoms with Crippen molar-refractivity contribution in [3.8, 4) is 5.75 Å². The third-order valence-electron chi connectivity index (χ3n) is 4.61. The number of nitrogens with two attached hydrogens (primary N) is 1. The lowest BCUT2D eigenvalue weighted by Gasteiger charge is -2.36. The van der Waals surface area contributed by atoms with Gasteiger partial charge in [-0.15, -0.1) is 11.8 Å². The summed E-state index contributed by atoms with van der Waals surface area (Å²) >= 11 is 1.75. The van der Waals surface area contributed by atoms with E-state index in [0.717, 1.165) is 11.3 Å². The van der Waals surface area contributed by atoms with Crippen LogP contribution in [0, 0.1) is 0 Å². The molecule has 0 fully saturated rings. The van der Waals surface area contributed by atoms with Gasteiger partial charge in [0.15, 0.2) is 0 Å². The quantitative estimate of drug-likeness (QED) is 0.580. The summed E-state index contributed by atoms with van der Waals surface area (Å²) < 4.78 is 4.92. The van der Waals surface area contributed by atoms with Crippen LogP contribution in [0.2, 0.25) is 0 Å². The first kappa shape index (κ1) is 19.5. The van der Waals surface area contributed by atoms with Gasteiger partial charge in [0.25, 0.3) is 0 Å². The maximum atomic E-state index is 9.46. The molecule has 0 aromatic heterocycles. The highest BCUT2D eigenvalue weighted by molar-refractivity contribution is 8.00. The van der Waals surface area contributed by atoms with Crippen molar-refractivity contribution in [3.05, 3.63) is 102 Å². The van der Waals surface area contributed by atoms with Crippen molar-refractivity contribution in [3.63, 3.8) is 0 Å². The van der Waals surface area contributed by atoms with Gasteiger partial charge in [-0.1, -0.05) is 72.8 Å². The topological polar surface area (TPSA) is 55.5 Å². The molecular formula is C23H25NO2S. The first-order chi connectivity index (χ1) is 13.2. The standard InChI is InChI=1S/C23H25NO2S/c1-26-22-14-12-20(13-15-22)23(27-17-21(24)16-25,18-8-4-2-5-9-18)19-10-6-3-7-11-19/h2-15,21,25H,16-17,24H2,1H3/t21-/m0/s1. The Bertz CT molecular complexity index is 783. The highest BCUT2D eigenvalue weighted by Crippen LogP contribution is 2.48. The number of benzene rings is 3. The van der Waals surface area contributed by atoms with E-state index in [2.05, 4.69) is 60.7 Å². The average Bonchev–Trinajstić information content (AvgIpc) is 2.76. The van der Waals surface area contributed by atoms with E-state index in [9.17, 15) is 5.11 Å². The minimum absolute atomic E-state index is 0.0325. The molecule has 3 nitrogen and oxygen atoms in total. The number of hydrogen-bond acceptors (Lipinski definition) is 4. The molecule has 0 radical (unpaired) electrons. The molecular weight excluding hydrogens is 354 g/mol. The maximum Gasteiger partial charge on any atom is 0.118 e. The molecule has 0 spiro atoms. The fraction of sp³-hybridized carbons (Fsp3) is 0.217. The Morgan fingerprint density at radius 3 is 1.78 bits per heavy atom. The number of thioether (sulfide) groups is 1. The van der Waals surface area contributed by atoms with Crippen molar-refractivity contribution in [1.29, 1.82) is 0 Å². The molecule has 0 saturated heterocycles. The van der Waals surface area contributed by atoms with Gasteiger partial charge in [-0.3, -0.25) is 0 Å². The number of rotatable bonds is 8. The SMILES string of the molecule is COc1ccc(C(SC[C@@H](N)CO)(c2ccccc2)c2ccccc2)cc1. The van der Waals surface area contributed by atoms with Crippen molar-refractivity contribution < 1.29 is 9.84 Å². The normalized spacial score (nSPS) is 12.6. The molecule has 3 aromatic carbocycles. The molecule has 0 heterocycles. The molecule has 0 aliphatic rings. The summed E-state index contributed by atoms with van der Waals surface area (Å²) in [5.74, 6) is 1.46. The van der Waals surface area contributed by atoms with Gasteiger partial charge in [-0.25, -0.2) is 0 Å². The van der Waals surface area contributed by atoms with Gasteiger partial charge in [0.05, 0.1) is 18.5 Å². The van der Waals surface area contributed by atoms with Crippen molar-refractivity contribution in [1.82, 2.24) is 0 Å². The number of hydrogen-bond donors (Lipinski definition) is 2. The summed E-state index contributed by atoms with van der Waals surface area (Å²) in [5.41, 5.74) is 9.57. The lowest BCUT2D eigenvalue weighted by Crippen LogP contribution is -2.32. The maximum absolute atomic E-state index is 9.46. The van der Waals surface area contributed by atoms with Crippen LogP contribution in [0.5, 0.6) is 5.75 Å². The predicted molar refractivity (Wildman–Crippen MR) is 113 cm³/mol. The monoisotopic (exact) mass is 379 g/mol. The largest absolute Gasteiger partial charge is 0.497 e.